The number of hydrogen-bond donors (Lipinski definition) is 1. The van der Waals surface area contributed by atoms with E-state index in [-0.39, 0.29) is 25.0 Å². The lowest BCUT2D eigenvalue weighted by Crippen LogP contribution is -2.38. The lowest BCUT2D eigenvalue weighted by atomic mass is 9.87. The monoisotopic (exact) mass is 267 g/mol. The highest BCUT2D eigenvalue weighted by molar-refractivity contribution is 5.76. The zero-order valence-electron chi connectivity index (χ0n) is 10.6. The van der Waals surface area contributed by atoms with Gasteiger partial charge in [0.1, 0.15) is 6.61 Å². The van der Waals surface area contributed by atoms with Crippen LogP contribution in [0.4, 0.5) is 13.2 Å². The maximum absolute atomic E-state index is 11.8. The Morgan fingerprint density at radius 1 is 1.39 bits per heavy atom. The van der Waals surface area contributed by atoms with Crippen LogP contribution >= 0.6 is 0 Å². The van der Waals surface area contributed by atoms with E-state index in [2.05, 4.69) is 17.0 Å². The van der Waals surface area contributed by atoms with Gasteiger partial charge in [0, 0.05) is 12.5 Å². The molecule has 1 amide bonds. The summed E-state index contributed by atoms with van der Waals surface area (Å²) >= 11 is 0. The van der Waals surface area contributed by atoms with Gasteiger partial charge in [0.05, 0.1) is 6.61 Å². The van der Waals surface area contributed by atoms with E-state index < -0.39 is 12.8 Å². The number of nitrogens with one attached hydrogen (secondary N) is 1. The first-order chi connectivity index (χ1) is 8.37. The number of alkyl halides is 3. The lowest BCUT2D eigenvalue weighted by Gasteiger charge is -2.27. The Kier molecular flexibility index (Phi) is 5.91. The highest BCUT2D eigenvalue weighted by atomic mass is 19.4. The molecule has 2 unspecified atom stereocenters. The van der Waals surface area contributed by atoms with Crippen LogP contribution in [0.3, 0.4) is 0 Å². The summed E-state index contributed by atoms with van der Waals surface area (Å²) in [5.74, 6) is 0.377. The van der Waals surface area contributed by atoms with Crippen LogP contribution in [0.1, 0.15) is 39.0 Å². The largest absolute Gasteiger partial charge is 0.411 e. The fourth-order valence-corrected chi connectivity index (χ4v) is 2.22. The van der Waals surface area contributed by atoms with Crippen LogP contribution in [0.5, 0.6) is 0 Å². The van der Waals surface area contributed by atoms with Gasteiger partial charge < -0.3 is 10.1 Å². The van der Waals surface area contributed by atoms with Gasteiger partial charge in [0.15, 0.2) is 0 Å². The van der Waals surface area contributed by atoms with Crippen LogP contribution in [-0.2, 0) is 9.53 Å². The SMILES string of the molecule is CC1CCCC(NC(=O)CCOCC(F)(F)F)C1. The Hall–Kier alpha value is -0.780. The van der Waals surface area contributed by atoms with E-state index in [1.54, 1.807) is 0 Å². The van der Waals surface area contributed by atoms with E-state index in [0.717, 1.165) is 19.3 Å². The molecule has 106 valence electrons. The Bertz CT molecular complexity index is 269. The average molecular weight is 267 g/mol. The molecular weight excluding hydrogens is 247 g/mol. The number of hydrogen-bond acceptors (Lipinski definition) is 2. The fraction of sp³-hybridized carbons (Fsp3) is 0.917. The number of halogens is 3. The summed E-state index contributed by atoms with van der Waals surface area (Å²) in [6.45, 7) is 0.666. The van der Waals surface area contributed by atoms with Crippen LogP contribution in [-0.4, -0.2) is 31.3 Å². The molecule has 18 heavy (non-hydrogen) atoms. The zero-order chi connectivity index (χ0) is 13.6. The van der Waals surface area contributed by atoms with Crippen molar-refractivity contribution in [2.24, 2.45) is 5.92 Å². The molecule has 1 rings (SSSR count). The number of rotatable bonds is 5. The quantitative estimate of drug-likeness (QED) is 0.778. The first kappa shape index (κ1) is 15.3. The third-order valence-electron chi connectivity index (χ3n) is 3.04. The van der Waals surface area contributed by atoms with Crippen molar-refractivity contribution in [2.75, 3.05) is 13.2 Å². The average Bonchev–Trinajstić information content (AvgIpc) is 2.23. The molecule has 1 fully saturated rings. The van der Waals surface area contributed by atoms with Crippen molar-refractivity contribution < 1.29 is 22.7 Å². The third-order valence-corrected chi connectivity index (χ3v) is 3.04. The van der Waals surface area contributed by atoms with Gasteiger partial charge in [0.25, 0.3) is 0 Å². The first-order valence-corrected chi connectivity index (χ1v) is 6.30. The Labute approximate surface area is 105 Å². The van der Waals surface area contributed by atoms with E-state index in [9.17, 15) is 18.0 Å². The predicted octanol–water partition coefficient (Wildman–Crippen LogP) is 2.65. The van der Waals surface area contributed by atoms with Gasteiger partial charge in [0.2, 0.25) is 5.91 Å². The Morgan fingerprint density at radius 2 is 2.11 bits per heavy atom. The van der Waals surface area contributed by atoms with Crippen LogP contribution in [0.15, 0.2) is 0 Å². The number of amides is 1. The molecule has 0 bridgehead atoms. The standard InChI is InChI=1S/C12H20F3NO2/c1-9-3-2-4-10(7-9)16-11(17)5-6-18-8-12(13,14)15/h9-10H,2-8H2,1H3,(H,16,17). The van der Waals surface area contributed by atoms with E-state index in [0.29, 0.717) is 5.92 Å². The van der Waals surface area contributed by atoms with Crippen molar-refractivity contribution in [3.05, 3.63) is 0 Å². The first-order valence-electron chi connectivity index (χ1n) is 6.30. The van der Waals surface area contributed by atoms with Gasteiger partial charge in [-0.05, 0) is 18.8 Å². The maximum atomic E-state index is 11.8. The van der Waals surface area contributed by atoms with Crippen LogP contribution in [0, 0.1) is 5.92 Å². The fourth-order valence-electron chi connectivity index (χ4n) is 2.22. The van der Waals surface area contributed by atoms with Gasteiger partial charge in [-0.1, -0.05) is 19.8 Å². The number of carbonyl (C=O) groups is 1. The summed E-state index contributed by atoms with van der Waals surface area (Å²) in [5, 5.41) is 2.85. The van der Waals surface area contributed by atoms with Crippen molar-refractivity contribution in [1.82, 2.24) is 5.32 Å². The zero-order valence-corrected chi connectivity index (χ0v) is 10.6. The van der Waals surface area contributed by atoms with Crippen molar-refractivity contribution in [3.63, 3.8) is 0 Å². The number of ether oxygens (including phenoxy) is 1. The van der Waals surface area contributed by atoms with Gasteiger partial charge in [-0.3, -0.25) is 4.79 Å². The second-order valence-electron chi connectivity index (χ2n) is 4.95. The molecule has 0 aromatic rings. The molecular formula is C12H20F3NO2. The summed E-state index contributed by atoms with van der Waals surface area (Å²) < 4.78 is 39.7. The molecule has 2 atom stereocenters. The normalized spacial score (nSPS) is 24.9. The van der Waals surface area contributed by atoms with Crippen LogP contribution in [0.2, 0.25) is 0 Å². The second kappa shape index (κ2) is 6.97. The van der Waals surface area contributed by atoms with Gasteiger partial charge >= 0.3 is 6.18 Å². The minimum atomic E-state index is -4.32. The minimum absolute atomic E-state index is 0.0129. The van der Waals surface area contributed by atoms with Crippen molar-refractivity contribution in [2.45, 2.75) is 51.2 Å². The molecule has 0 aliphatic heterocycles. The smallest absolute Gasteiger partial charge is 0.372 e. The topological polar surface area (TPSA) is 38.3 Å². The molecule has 1 saturated carbocycles. The molecule has 0 saturated heterocycles. The van der Waals surface area contributed by atoms with Gasteiger partial charge in [-0.15, -0.1) is 0 Å². The lowest BCUT2D eigenvalue weighted by molar-refractivity contribution is -0.174. The molecule has 1 aliphatic rings. The predicted molar refractivity (Wildman–Crippen MR) is 61.1 cm³/mol. The molecule has 0 aromatic heterocycles. The summed E-state index contributed by atoms with van der Waals surface area (Å²) in [6, 6.07) is 0.170. The van der Waals surface area contributed by atoms with Crippen LogP contribution in [0.25, 0.3) is 0 Å². The van der Waals surface area contributed by atoms with E-state index in [1.165, 1.54) is 6.42 Å². The molecule has 6 heteroatoms. The van der Waals surface area contributed by atoms with Crippen molar-refractivity contribution in [3.8, 4) is 0 Å². The molecule has 0 heterocycles. The summed E-state index contributed by atoms with van der Waals surface area (Å²) in [5.41, 5.74) is 0. The molecule has 1 aliphatic carbocycles. The molecule has 1 N–H and O–H groups in total. The van der Waals surface area contributed by atoms with Crippen molar-refractivity contribution >= 4 is 5.91 Å². The van der Waals surface area contributed by atoms with Gasteiger partial charge in [-0.2, -0.15) is 13.2 Å². The third kappa shape index (κ3) is 6.83. The molecule has 0 aromatic carbocycles. The van der Waals surface area contributed by atoms with E-state index in [4.69, 9.17) is 0 Å². The van der Waals surface area contributed by atoms with Gasteiger partial charge in [-0.25, -0.2) is 0 Å². The van der Waals surface area contributed by atoms with Crippen LogP contribution < -0.4 is 5.32 Å². The highest BCUT2D eigenvalue weighted by Crippen LogP contribution is 2.23. The van der Waals surface area contributed by atoms with E-state index in [1.807, 2.05) is 0 Å². The Balaban J connectivity index is 2.10. The summed E-state index contributed by atoms with van der Waals surface area (Å²) in [4.78, 5) is 11.5. The Morgan fingerprint density at radius 3 is 2.72 bits per heavy atom. The highest BCUT2D eigenvalue weighted by Gasteiger charge is 2.27. The molecule has 3 nitrogen and oxygen atoms in total. The minimum Gasteiger partial charge on any atom is -0.372 e. The number of carbonyl (C=O) groups excluding carboxylic acids is 1. The summed E-state index contributed by atoms with van der Waals surface area (Å²) in [7, 11) is 0. The second-order valence-corrected chi connectivity index (χ2v) is 4.95. The summed E-state index contributed by atoms with van der Waals surface area (Å²) in [6.07, 6.45) is -0.150. The molecule has 0 radical (unpaired) electrons. The molecule has 0 spiro atoms. The van der Waals surface area contributed by atoms with Crippen molar-refractivity contribution in [1.29, 1.82) is 0 Å². The van der Waals surface area contributed by atoms with E-state index >= 15 is 0 Å². The maximum Gasteiger partial charge on any atom is 0.411 e.